The third-order valence-corrected chi connectivity index (χ3v) is 3.84. The molecule has 2 atom stereocenters. The fourth-order valence-electron chi connectivity index (χ4n) is 2.68. The molecule has 16 heavy (non-hydrogen) atoms. The van der Waals surface area contributed by atoms with E-state index >= 15 is 0 Å². The number of carboxylic acids is 1. The lowest BCUT2D eigenvalue weighted by atomic mass is 10.0. The first-order valence-corrected chi connectivity index (χ1v) is 5.80. The van der Waals surface area contributed by atoms with Gasteiger partial charge in [0.2, 0.25) is 0 Å². The fourth-order valence-corrected chi connectivity index (χ4v) is 2.68. The standard InChI is InChI=1S/C14H18O2/c1-4-9-5-7-10(8-6-9)11-12(13(15)16)14(11,2)3/h5-8,11-12H,4H2,1-3H3,(H,15,16)/t11-,12+/m0/s1. The molecule has 0 unspecified atom stereocenters. The Morgan fingerprint density at radius 2 is 1.88 bits per heavy atom. The summed E-state index contributed by atoms with van der Waals surface area (Å²) in [5, 5.41) is 9.12. The van der Waals surface area contributed by atoms with Crippen molar-refractivity contribution in [3.8, 4) is 0 Å². The predicted molar refractivity (Wildman–Crippen MR) is 63.5 cm³/mol. The number of carbonyl (C=O) groups is 1. The summed E-state index contributed by atoms with van der Waals surface area (Å²) in [6.45, 7) is 6.19. The third kappa shape index (κ3) is 1.62. The van der Waals surface area contributed by atoms with Crippen molar-refractivity contribution in [2.24, 2.45) is 11.3 Å². The lowest BCUT2D eigenvalue weighted by Gasteiger charge is -2.03. The van der Waals surface area contributed by atoms with E-state index in [1.807, 2.05) is 13.8 Å². The Morgan fingerprint density at radius 1 is 1.31 bits per heavy atom. The van der Waals surface area contributed by atoms with E-state index in [2.05, 4.69) is 31.2 Å². The molecule has 2 heteroatoms. The van der Waals surface area contributed by atoms with E-state index in [0.29, 0.717) is 0 Å². The summed E-state index contributed by atoms with van der Waals surface area (Å²) in [6.07, 6.45) is 1.02. The zero-order valence-corrected chi connectivity index (χ0v) is 10.0. The molecule has 1 aliphatic carbocycles. The lowest BCUT2D eigenvalue weighted by molar-refractivity contribution is -0.139. The van der Waals surface area contributed by atoms with Gasteiger partial charge in [-0.3, -0.25) is 4.79 Å². The van der Waals surface area contributed by atoms with Crippen LogP contribution in [0.5, 0.6) is 0 Å². The third-order valence-electron chi connectivity index (χ3n) is 3.84. The first kappa shape index (κ1) is 11.2. The number of aryl methyl sites for hydroxylation is 1. The average Bonchev–Trinajstić information content (AvgIpc) is 2.82. The van der Waals surface area contributed by atoms with Gasteiger partial charge in [-0.1, -0.05) is 45.0 Å². The van der Waals surface area contributed by atoms with Gasteiger partial charge in [0, 0.05) is 5.92 Å². The van der Waals surface area contributed by atoms with Crippen LogP contribution in [0.1, 0.15) is 37.8 Å². The maximum absolute atomic E-state index is 11.1. The average molecular weight is 218 g/mol. The van der Waals surface area contributed by atoms with Crippen LogP contribution in [0.4, 0.5) is 0 Å². The molecule has 2 rings (SSSR count). The minimum atomic E-state index is -0.672. The summed E-state index contributed by atoms with van der Waals surface area (Å²) in [4.78, 5) is 11.1. The van der Waals surface area contributed by atoms with Crippen molar-refractivity contribution in [1.82, 2.24) is 0 Å². The molecule has 0 heterocycles. The molecule has 0 amide bonds. The van der Waals surface area contributed by atoms with E-state index in [1.165, 1.54) is 5.56 Å². The lowest BCUT2D eigenvalue weighted by Crippen LogP contribution is -2.03. The molecule has 0 bridgehead atoms. The van der Waals surface area contributed by atoms with Crippen LogP contribution in [-0.4, -0.2) is 11.1 Å². The Morgan fingerprint density at radius 3 is 2.25 bits per heavy atom. The SMILES string of the molecule is CCc1ccc([C@H]2[C@H](C(=O)O)C2(C)C)cc1. The van der Waals surface area contributed by atoms with Crippen molar-refractivity contribution in [2.75, 3.05) is 0 Å². The first-order chi connectivity index (χ1) is 7.48. The van der Waals surface area contributed by atoms with E-state index < -0.39 is 5.97 Å². The van der Waals surface area contributed by atoms with Crippen molar-refractivity contribution < 1.29 is 9.90 Å². The van der Waals surface area contributed by atoms with Crippen LogP contribution in [0, 0.1) is 11.3 Å². The summed E-state index contributed by atoms with van der Waals surface area (Å²) in [7, 11) is 0. The van der Waals surface area contributed by atoms with E-state index in [4.69, 9.17) is 5.11 Å². The molecular formula is C14H18O2. The number of carboxylic acid groups (broad SMARTS) is 1. The van der Waals surface area contributed by atoms with Crippen LogP contribution in [0.25, 0.3) is 0 Å². The van der Waals surface area contributed by atoms with Gasteiger partial charge in [-0.2, -0.15) is 0 Å². The molecule has 0 aromatic heterocycles. The van der Waals surface area contributed by atoms with Crippen LogP contribution < -0.4 is 0 Å². The zero-order valence-electron chi connectivity index (χ0n) is 10.0. The second-order valence-corrected chi connectivity index (χ2v) is 5.21. The Hall–Kier alpha value is -1.31. The van der Waals surface area contributed by atoms with Gasteiger partial charge in [0.1, 0.15) is 0 Å². The predicted octanol–water partition coefficient (Wildman–Crippen LogP) is 3.07. The smallest absolute Gasteiger partial charge is 0.307 e. The normalized spacial score (nSPS) is 26.4. The molecular weight excluding hydrogens is 200 g/mol. The van der Waals surface area contributed by atoms with Crippen molar-refractivity contribution in [1.29, 1.82) is 0 Å². The Balaban J connectivity index is 2.23. The van der Waals surface area contributed by atoms with Crippen molar-refractivity contribution >= 4 is 5.97 Å². The highest BCUT2D eigenvalue weighted by molar-refractivity contribution is 5.77. The minimum absolute atomic E-state index is 0.0977. The summed E-state index contributed by atoms with van der Waals surface area (Å²) in [5.74, 6) is -0.717. The van der Waals surface area contributed by atoms with Crippen molar-refractivity contribution in [3.63, 3.8) is 0 Å². The van der Waals surface area contributed by atoms with Crippen LogP contribution in [0.15, 0.2) is 24.3 Å². The van der Waals surface area contributed by atoms with Gasteiger partial charge in [-0.05, 0) is 23.0 Å². The van der Waals surface area contributed by atoms with Gasteiger partial charge in [0.15, 0.2) is 0 Å². The van der Waals surface area contributed by atoms with E-state index in [-0.39, 0.29) is 17.3 Å². The summed E-state index contributed by atoms with van der Waals surface area (Å²) in [6, 6.07) is 8.35. The number of aliphatic carboxylic acids is 1. The van der Waals surface area contributed by atoms with Crippen LogP contribution >= 0.6 is 0 Å². The number of rotatable bonds is 3. The molecule has 0 saturated heterocycles. The van der Waals surface area contributed by atoms with Gasteiger partial charge in [-0.15, -0.1) is 0 Å². The highest BCUT2D eigenvalue weighted by Gasteiger charge is 2.62. The summed E-state index contributed by atoms with van der Waals surface area (Å²) >= 11 is 0. The molecule has 1 aromatic rings. The van der Waals surface area contributed by atoms with Crippen LogP contribution in [-0.2, 0) is 11.2 Å². The van der Waals surface area contributed by atoms with E-state index in [0.717, 1.165) is 12.0 Å². The second-order valence-electron chi connectivity index (χ2n) is 5.21. The second kappa shape index (κ2) is 3.62. The molecule has 1 fully saturated rings. The largest absolute Gasteiger partial charge is 0.481 e. The van der Waals surface area contributed by atoms with E-state index in [9.17, 15) is 4.79 Å². The Bertz CT molecular complexity index is 403. The van der Waals surface area contributed by atoms with Crippen molar-refractivity contribution in [3.05, 3.63) is 35.4 Å². The topological polar surface area (TPSA) is 37.3 Å². The monoisotopic (exact) mass is 218 g/mol. The van der Waals surface area contributed by atoms with Crippen LogP contribution in [0.2, 0.25) is 0 Å². The van der Waals surface area contributed by atoms with E-state index in [1.54, 1.807) is 0 Å². The highest BCUT2D eigenvalue weighted by atomic mass is 16.4. The Kier molecular flexibility index (Phi) is 2.53. The zero-order chi connectivity index (χ0) is 11.9. The van der Waals surface area contributed by atoms with Gasteiger partial charge in [0.05, 0.1) is 5.92 Å². The molecule has 0 aliphatic heterocycles. The Labute approximate surface area is 96.3 Å². The molecule has 1 aliphatic rings. The summed E-state index contributed by atoms with van der Waals surface area (Å²) in [5.41, 5.74) is 2.36. The van der Waals surface area contributed by atoms with Crippen LogP contribution in [0.3, 0.4) is 0 Å². The van der Waals surface area contributed by atoms with Gasteiger partial charge in [-0.25, -0.2) is 0 Å². The fraction of sp³-hybridized carbons (Fsp3) is 0.500. The first-order valence-electron chi connectivity index (χ1n) is 5.80. The van der Waals surface area contributed by atoms with Gasteiger partial charge < -0.3 is 5.11 Å². The number of hydrogen-bond donors (Lipinski definition) is 1. The highest BCUT2D eigenvalue weighted by Crippen LogP contribution is 2.64. The quantitative estimate of drug-likeness (QED) is 0.846. The molecule has 86 valence electrons. The molecule has 0 spiro atoms. The maximum Gasteiger partial charge on any atom is 0.307 e. The maximum atomic E-state index is 11.1. The molecule has 1 aromatic carbocycles. The summed E-state index contributed by atoms with van der Waals surface area (Å²) < 4.78 is 0. The van der Waals surface area contributed by atoms with Crippen molar-refractivity contribution in [2.45, 2.75) is 33.1 Å². The molecule has 1 N–H and O–H groups in total. The van der Waals surface area contributed by atoms with Gasteiger partial charge >= 0.3 is 5.97 Å². The van der Waals surface area contributed by atoms with Gasteiger partial charge in [0.25, 0.3) is 0 Å². The number of benzene rings is 1. The molecule has 0 radical (unpaired) electrons. The molecule has 1 saturated carbocycles. The number of hydrogen-bond acceptors (Lipinski definition) is 1. The minimum Gasteiger partial charge on any atom is -0.481 e. The molecule has 2 nitrogen and oxygen atoms in total.